The van der Waals surface area contributed by atoms with Crippen molar-refractivity contribution in [2.45, 2.75) is 10.9 Å². The fourth-order valence-electron chi connectivity index (χ4n) is 3.88. The van der Waals surface area contributed by atoms with Gasteiger partial charge in [0.15, 0.2) is 5.16 Å². The largest absolute Gasteiger partial charge is 0.496 e. The molecule has 0 aliphatic heterocycles. The van der Waals surface area contributed by atoms with Gasteiger partial charge in [-0.1, -0.05) is 42.1 Å². The Hall–Kier alpha value is -4.30. The molecule has 5 aromatic rings. The van der Waals surface area contributed by atoms with Gasteiger partial charge in [-0.2, -0.15) is 0 Å². The molecule has 7 nitrogen and oxygen atoms in total. The Balaban J connectivity index is 1.61. The molecule has 0 fully saturated rings. The number of hydrogen-bond acceptors (Lipinski definition) is 7. The number of methoxy groups -OCH3 is 1. The summed E-state index contributed by atoms with van der Waals surface area (Å²) in [4.78, 5) is 24.4. The SMILES string of the molecule is COc1ccc(-c2cc(-c3ccccc3)c3cc([N+](=O)[O-])ccc3n2)cc1CSc1ncccn1. The Kier molecular flexibility index (Phi) is 6.36. The molecule has 0 saturated heterocycles. The van der Waals surface area contributed by atoms with E-state index in [1.807, 2.05) is 48.5 Å². The average molecular weight is 481 g/mol. The van der Waals surface area contributed by atoms with Crippen LogP contribution in [-0.4, -0.2) is 27.0 Å². The van der Waals surface area contributed by atoms with Gasteiger partial charge < -0.3 is 4.74 Å². The molecule has 0 N–H and O–H groups in total. The smallest absolute Gasteiger partial charge is 0.270 e. The highest BCUT2D eigenvalue weighted by Gasteiger charge is 2.15. The van der Waals surface area contributed by atoms with Crippen LogP contribution in [0.3, 0.4) is 0 Å². The molecule has 0 bridgehead atoms. The second kappa shape index (κ2) is 9.90. The number of nitro benzene ring substituents is 1. The number of thioether (sulfide) groups is 1. The summed E-state index contributed by atoms with van der Waals surface area (Å²) in [7, 11) is 1.65. The standard InChI is InChI=1S/C27H20N4O3S/c1-34-26-11-8-19(14-20(26)17-35-27-28-12-5-13-29-27)25-16-22(18-6-3-2-4-7-18)23-15-21(31(32)33)9-10-24(23)30-25/h2-16H,17H2,1H3. The van der Waals surface area contributed by atoms with Gasteiger partial charge in [-0.25, -0.2) is 15.0 Å². The van der Waals surface area contributed by atoms with Gasteiger partial charge in [0, 0.05) is 46.8 Å². The normalized spacial score (nSPS) is 10.9. The van der Waals surface area contributed by atoms with E-state index in [0.717, 1.165) is 39.1 Å². The molecule has 2 aromatic heterocycles. The minimum Gasteiger partial charge on any atom is -0.496 e. The summed E-state index contributed by atoms with van der Waals surface area (Å²) in [5.41, 5.74) is 5.27. The van der Waals surface area contributed by atoms with E-state index in [9.17, 15) is 10.1 Å². The summed E-state index contributed by atoms with van der Waals surface area (Å²) in [5, 5.41) is 12.8. The van der Waals surface area contributed by atoms with E-state index in [2.05, 4.69) is 16.0 Å². The zero-order valence-electron chi connectivity index (χ0n) is 18.8. The predicted octanol–water partition coefficient (Wildman–Crippen LogP) is 6.57. The van der Waals surface area contributed by atoms with Crippen LogP contribution in [0.25, 0.3) is 33.3 Å². The zero-order valence-corrected chi connectivity index (χ0v) is 19.6. The van der Waals surface area contributed by atoms with Crippen molar-refractivity contribution in [3.05, 3.63) is 107 Å². The number of non-ortho nitro benzene ring substituents is 1. The van der Waals surface area contributed by atoms with Gasteiger partial charge >= 0.3 is 0 Å². The molecule has 0 saturated carbocycles. The highest BCUT2D eigenvalue weighted by molar-refractivity contribution is 7.98. The average Bonchev–Trinajstić information content (AvgIpc) is 2.91. The molecule has 0 aliphatic carbocycles. The number of aromatic nitrogens is 3. The summed E-state index contributed by atoms with van der Waals surface area (Å²) >= 11 is 1.53. The lowest BCUT2D eigenvalue weighted by atomic mass is 9.97. The molecule has 3 aromatic carbocycles. The molecule has 0 radical (unpaired) electrons. The molecule has 8 heteroatoms. The Morgan fingerprint density at radius 2 is 1.71 bits per heavy atom. The molecule has 172 valence electrons. The Bertz CT molecular complexity index is 1510. The Morgan fingerprint density at radius 3 is 2.46 bits per heavy atom. The molecular weight excluding hydrogens is 460 g/mol. The summed E-state index contributed by atoms with van der Waals surface area (Å²) in [6, 6.07) is 24.4. The third-order valence-electron chi connectivity index (χ3n) is 5.56. The molecular formula is C27H20N4O3S. The van der Waals surface area contributed by atoms with Crippen LogP contribution < -0.4 is 4.74 Å². The minimum absolute atomic E-state index is 0.0381. The summed E-state index contributed by atoms with van der Waals surface area (Å²) in [6.45, 7) is 0. The number of fused-ring (bicyclic) bond motifs is 1. The summed E-state index contributed by atoms with van der Waals surface area (Å²) < 4.78 is 5.59. The number of benzene rings is 3. The maximum Gasteiger partial charge on any atom is 0.270 e. The van der Waals surface area contributed by atoms with Gasteiger partial charge in [0.25, 0.3) is 5.69 Å². The third-order valence-corrected chi connectivity index (χ3v) is 6.49. The predicted molar refractivity (Wildman–Crippen MR) is 137 cm³/mol. The van der Waals surface area contributed by atoms with E-state index in [1.165, 1.54) is 17.8 Å². The Morgan fingerprint density at radius 1 is 0.914 bits per heavy atom. The fourth-order valence-corrected chi connectivity index (χ4v) is 4.67. The number of nitrogens with zero attached hydrogens (tertiary/aromatic N) is 4. The second-order valence-corrected chi connectivity index (χ2v) is 8.67. The van der Waals surface area contributed by atoms with Crippen LogP contribution in [0.5, 0.6) is 5.75 Å². The van der Waals surface area contributed by atoms with Crippen LogP contribution in [-0.2, 0) is 5.75 Å². The maximum absolute atomic E-state index is 11.4. The first-order valence-corrected chi connectivity index (χ1v) is 11.8. The fraction of sp³-hybridized carbons (Fsp3) is 0.0741. The van der Waals surface area contributed by atoms with E-state index in [-0.39, 0.29) is 10.6 Å². The highest BCUT2D eigenvalue weighted by Crippen LogP contribution is 2.36. The van der Waals surface area contributed by atoms with Crippen molar-refractivity contribution in [2.75, 3.05) is 7.11 Å². The van der Waals surface area contributed by atoms with Gasteiger partial charge in [0.1, 0.15) is 5.75 Å². The van der Waals surface area contributed by atoms with Crippen LogP contribution in [0, 0.1) is 10.1 Å². The lowest BCUT2D eigenvalue weighted by molar-refractivity contribution is -0.384. The summed E-state index contributed by atoms with van der Waals surface area (Å²) in [5.74, 6) is 1.41. The van der Waals surface area contributed by atoms with Crippen molar-refractivity contribution >= 4 is 28.4 Å². The van der Waals surface area contributed by atoms with Crippen LogP contribution in [0.4, 0.5) is 5.69 Å². The van der Waals surface area contributed by atoms with Crippen LogP contribution in [0.1, 0.15) is 5.56 Å². The van der Waals surface area contributed by atoms with Gasteiger partial charge in [-0.3, -0.25) is 10.1 Å². The van der Waals surface area contributed by atoms with Crippen molar-refractivity contribution in [2.24, 2.45) is 0 Å². The molecule has 2 heterocycles. The van der Waals surface area contributed by atoms with E-state index in [0.29, 0.717) is 16.4 Å². The van der Waals surface area contributed by atoms with E-state index >= 15 is 0 Å². The van der Waals surface area contributed by atoms with Crippen molar-refractivity contribution in [3.8, 4) is 28.1 Å². The second-order valence-electron chi connectivity index (χ2n) is 7.73. The highest BCUT2D eigenvalue weighted by atomic mass is 32.2. The lowest BCUT2D eigenvalue weighted by Gasteiger charge is -2.13. The molecule has 0 spiro atoms. The first-order valence-electron chi connectivity index (χ1n) is 10.8. The number of hydrogen-bond donors (Lipinski definition) is 0. The van der Waals surface area contributed by atoms with Crippen molar-refractivity contribution < 1.29 is 9.66 Å². The van der Waals surface area contributed by atoms with Crippen LogP contribution in [0.2, 0.25) is 0 Å². The minimum atomic E-state index is -0.383. The van der Waals surface area contributed by atoms with Gasteiger partial charge in [0.05, 0.1) is 23.2 Å². The van der Waals surface area contributed by atoms with E-state index < -0.39 is 0 Å². The molecule has 0 atom stereocenters. The molecule has 35 heavy (non-hydrogen) atoms. The molecule has 0 amide bonds. The zero-order chi connectivity index (χ0) is 24.2. The quantitative estimate of drug-likeness (QED) is 0.113. The van der Waals surface area contributed by atoms with Crippen molar-refractivity contribution in [3.63, 3.8) is 0 Å². The van der Waals surface area contributed by atoms with Gasteiger partial charge in [-0.05, 0) is 47.5 Å². The number of rotatable bonds is 7. The topological polar surface area (TPSA) is 91.0 Å². The summed E-state index contributed by atoms with van der Waals surface area (Å²) in [6.07, 6.45) is 3.44. The monoisotopic (exact) mass is 480 g/mol. The number of ether oxygens (including phenoxy) is 1. The first kappa shape index (κ1) is 22.5. The third kappa shape index (κ3) is 4.83. The van der Waals surface area contributed by atoms with Crippen molar-refractivity contribution in [1.82, 2.24) is 15.0 Å². The number of nitro groups is 1. The first-order chi connectivity index (χ1) is 17.1. The van der Waals surface area contributed by atoms with Crippen LogP contribution >= 0.6 is 11.8 Å². The van der Waals surface area contributed by atoms with E-state index in [4.69, 9.17) is 9.72 Å². The van der Waals surface area contributed by atoms with Gasteiger partial charge in [-0.15, -0.1) is 0 Å². The molecule has 0 aliphatic rings. The maximum atomic E-state index is 11.4. The van der Waals surface area contributed by atoms with Crippen molar-refractivity contribution in [1.29, 1.82) is 0 Å². The lowest BCUT2D eigenvalue weighted by Crippen LogP contribution is -1.95. The van der Waals surface area contributed by atoms with E-state index in [1.54, 1.807) is 37.7 Å². The molecule has 5 rings (SSSR count). The van der Waals surface area contributed by atoms with Gasteiger partial charge in [0.2, 0.25) is 0 Å². The van der Waals surface area contributed by atoms with Crippen LogP contribution in [0.15, 0.2) is 96.4 Å². The Labute approximate surface area is 206 Å². The molecule has 0 unspecified atom stereocenters. The number of pyridine rings is 1.